The molecule has 0 radical (unpaired) electrons. The van der Waals surface area contributed by atoms with Gasteiger partial charge in [-0.05, 0) is 38.5 Å². The number of hydrogen-bond donors (Lipinski definition) is 1. The number of fused-ring (bicyclic) bond motifs is 1. The maximum Gasteiger partial charge on any atom is 0.282 e. The Morgan fingerprint density at radius 3 is 2.84 bits per heavy atom. The summed E-state index contributed by atoms with van der Waals surface area (Å²) in [5, 5.41) is 2.81. The van der Waals surface area contributed by atoms with Gasteiger partial charge < -0.3 is 10.1 Å². The molecule has 3 rings (SSSR count). The van der Waals surface area contributed by atoms with Crippen molar-refractivity contribution in [3.63, 3.8) is 0 Å². The van der Waals surface area contributed by atoms with Gasteiger partial charge in [-0.2, -0.15) is 0 Å². The molecule has 0 aliphatic carbocycles. The standard InChI is InChI=1S/C19H21N3O3/c1-4-22-16-15(9-6-10-20-16)25-19(3,18(22)24)17(23)21-12-14-8-5-7-13(2)11-14/h5-11H,4,12H2,1-3H3,(H,21,23). The van der Waals surface area contributed by atoms with Crippen LogP contribution in [-0.4, -0.2) is 28.9 Å². The van der Waals surface area contributed by atoms with Crippen LogP contribution in [0.15, 0.2) is 42.6 Å². The molecule has 2 heterocycles. The predicted octanol–water partition coefficient (Wildman–Crippen LogP) is 2.21. The van der Waals surface area contributed by atoms with Crippen LogP contribution in [0.25, 0.3) is 0 Å². The van der Waals surface area contributed by atoms with Crippen LogP contribution < -0.4 is 15.0 Å². The van der Waals surface area contributed by atoms with Crippen LogP contribution in [0.3, 0.4) is 0 Å². The summed E-state index contributed by atoms with van der Waals surface area (Å²) in [5.41, 5.74) is 0.463. The SMILES string of the molecule is CCN1C(=O)C(C)(C(=O)NCc2cccc(C)c2)Oc2cccnc21. The minimum Gasteiger partial charge on any atom is -0.464 e. The van der Waals surface area contributed by atoms with E-state index < -0.39 is 17.4 Å². The molecule has 1 aromatic heterocycles. The monoisotopic (exact) mass is 339 g/mol. The van der Waals surface area contributed by atoms with Gasteiger partial charge in [0.25, 0.3) is 17.4 Å². The first-order valence-electron chi connectivity index (χ1n) is 8.25. The summed E-state index contributed by atoms with van der Waals surface area (Å²) in [6, 6.07) is 11.3. The summed E-state index contributed by atoms with van der Waals surface area (Å²) in [7, 11) is 0. The van der Waals surface area contributed by atoms with Crippen LogP contribution in [0.2, 0.25) is 0 Å². The first-order valence-corrected chi connectivity index (χ1v) is 8.25. The van der Waals surface area contributed by atoms with E-state index >= 15 is 0 Å². The summed E-state index contributed by atoms with van der Waals surface area (Å²) in [5.74, 6) is -0.00832. The van der Waals surface area contributed by atoms with Gasteiger partial charge in [-0.3, -0.25) is 14.5 Å². The van der Waals surface area contributed by atoms with Gasteiger partial charge in [-0.25, -0.2) is 4.98 Å². The molecule has 0 saturated carbocycles. The van der Waals surface area contributed by atoms with Crippen LogP contribution in [0.1, 0.15) is 25.0 Å². The molecule has 1 N–H and O–H groups in total. The van der Waals surface area contributed by atoms with Crippen molar-refractivity contribution in [1.82, 2.24) is 10.3 Å². The number of amides is 2. The maximum absolute atomic E-state index is 12.8. The quantitative estimate of drug-likeness (QED) is 0.867. The Bertz CT molecular complexity index is 821. The fourth-order valence-electron chi connectivity index (χ4n) is 2.89. The van der Waals surface area contributed by atoms with Gasteiger partial charge in [0.15, 0.2) is 11.6 Å². The second-order valence-corrected chi connectivity index (χ2v) is 6.18. The Morgan fingerprint density at radius 1 is 1.32 bits per heavy atom. The Balaban J connectivity index is 1.82. The van der Waals surface area contributed by atoms with Gasteiger partial charge in [0.05, 0.1) is 0 Å². The molecule has 1 unspecified atom stereocenters. The third-order valence-corrected chi connectivity index (χ3v) is 4.26. The topological polar surface area (TPSA) is 71.5 Å². The van der Waals surface area contributed by atoms with Gasteiger partial charge in [0.1, 0.15) is 0 Å². The van der Waals surface area contributed by atoms with Gasteiger partial charge >= 0.3 is 0 Å². The lowest BCUT2D eigenvalue weighted by Crippen LogP contribution is -2.62. The van der Waals surface area contributed by atoms with Crippen LogP contribution >= 0.6 is 0 Å². The van der Waals surface area contributed by atoms with E-state index in [0.717, 1.165) is 11.1 Å². The van der Waals surface area contributed by atoms with E-state index in [4.69, 9.17) is 4.74 Å². The zero-order valence-corrected chi connectivity index (χ0v) is 14.6. The zero-order valence-electron chi connectivity index (χ0n) is 14.6. The Morgan fingerprint density at radius 2 is 2.12 bits per heavy atom. The number of anilines is 1. The van der Waals surface area contributed by atoms with Gasteiger partial charge in [0, 0.05) is 19.3 Å². The van der Waals surface area contributed by atoms with E-state index in [1.54, 1.807) is 18.3 Å². The third kappa shape index (κ3) is 3.07. The number of aromatic nitrogens is 1. The summed E-state index contributed by atoms with van der Waals surface area (Å²) < 4.78 is 5.77. The number of pyridine rings is 1. The lowest BCUT2D eigenvalue weighted by atomic mass is 10.0. The number of carbonyl (C=O) groups is 2. The van der Waals surface area contributed by atoms with E-state index in [0.29, 0.717) is 24.7 Å². The summed E-state index contributed by atoms with van der Waals surface area (Å²) >= 11 is 0. The number of carbonyl (C=O) groups excluding carboxylic acids is 2. The smallest absolute Gasteiger partial charge is 0.282 e. The van der Waals surface area contributed by atoms with E-state index in [9.17, 15) is 9.59 Å². The summed E-state index contributed by atoms with van der Waals surface area (Å²) in [6.45, 7) is 6.07. The maximum atomic E-state index is 12.8. The van der Waals surface area contributed by atoms with Gasteiger partial charge in [0.2, 0.25) is 0 Å². The van der Waals surface area contributed by atoms with Crippen LogP contribution in [0.4, 0.5) is 5.82 Å². The molecule has 130 valence electrons. The highest BCUT2D eigenvalue weighted by atomic mass is 16.5. The first kappa shape index (κ1) is 17.0. The van der Waals surface area contributed by atoms with Crippen molar-refractivity contribution in [3.05, 3.63) is 53.7 Å². The fraction of sp³-hybridized carbons (Fsp3) is 0.316. The number of nitrogens with one attached hydrogen (secondary N) is 1. The van der Waals surface area contributed by atoms with Crippen molar-refractivity contribution in [3.8, 4) is 5.75 Å². The molecule has 0 bridgehead atoms. The lowest BCUT2D eigenvalue weighted by molar-refractivity contribution is -0.148. The summed E-state index contributed by atoms with van der Waals surface area (Å²) in [4.78, 5) is 31.3. The highest BCUT2D eigenvalue weighted by Crippen LogP contribution is 2.35. The molecule has 1 aliphatic heterocycles. The zero-order chi connectivity index (χ0) is 18.0. The van der Waals surface area contributed by atoms with E-state index in [1.165, 1.54) is 11.8 Å². The molecular weight excluding hydrogens is 318 g/mol. The number of likely N-dealkylation sites (N-methyl/N-ethyl adjacent to an activating group) is 1. The van der Waals surface area contributed by atoms with Crippen molar-refractivity contribution in [1.29, 1.82) is 0 Å². The molecule has 1 aromatic carbocycles. The van der Waals surface area contributed by atoms with Crippen molar-refractivity contribution >= 4 is 17.6 Å². The van der Waals surface area contributed by atoms with E-state index in [-0.39, 0.29) is 0 Å². The highest BCUT2D eigenvalue weighted by molar-refractivity contribution is 6.16. The Kier molecular flexibility index (Phi) is 4.44. The van der Waals surface area contributed by atoms with Crippen LogP contribution in [0.5, 0.6) is 5.75 Å². The normalized spacial score (nSPS) is 19.2. The molecule has 2 amide bonds. The molecule has 6 heteroatoms. The highest BCUT2D eigenvalue weighted by Gasteiger charge is 2.50. The molecule has 0 spiro atoms. The predicted molar refractivity (Wildman–Crippen MR) is 94.3 cm³/mol. The number of hydrogen-bond acceptors (Lipinski definition) is 4. The second kappa shape index (κ2) is 6.55. The minimum atomic E-state index is -1.62. The molecule has 0 fully saturated rings. The largest absolute Gasteiger partial charge is 0.464 e. The number of aryl methyl sites for hydroxylation is 1. The first-order chi connectivity index (χ1) is 12.0. The summed E-state index contributed by atoms with van der Waals surface area (Å²) in [6.07, 6.45) is 1.60. The Labute approximate surface area is 146 Å². The molecule has 2 aromatic rings. The Hall–Kier alpha value is -2.89. The fourth-order valence-corrected chi connectivity index (χ4v) is 2.89. The van der Waals surface area contributed by atoms with Gasteiger partial charge in [-0.15, -0.1) is 0 Å². The van der Waals surface area contributed by atoms with Gasteiger partial charge in [-0.1, -0.05) is 29.8 Å². The molecule has 6 nitrogen and oxygen atoms in total. The average molecular weight is 339 g/mol. The van der Waals surface area contributed by atoms with Crippen molar-refractivity contribution in [2.24, 2.45) is 0 Å². The number of benzene rings is 1. The average Bonchev–Trinajstić information content (AvgIpc) is 2.61. The molecule has 0 saturated heterocycles. The van der Waals surface area contributed by atoms with Crippen LogP contribution in [-0.2, 0) is 16.1 Å². The van der Waals surface area contributed by atoms with Crippen molar-refractivity contribution < 1.29 is 14.3 Å². The molecule has 1 aliphatic rings. The van der Waals surface area contributed by atoms with E-state index in [2.05, 4.69) is 10.3 Å². The molecule has 1 atom stereocenters. The number of nitrogens with zero attached hydrogens (tertiary/aromatic N) is 2. The van der Waals surface area contributed by atoms with Crippen LogP contribution in [0, 0.1) is 6.92 Å². The molecule has 25 heavy (non-hydrogen) atoms. The number of rotatable bonds is 4. The van der Waals surface area contributed by atoms with E-state index in [1.807, 2.05) is 38.1 Å². The lowest BCUT2D eigenvalue weighted by Gasteiger charge is -2.38. The third-order valence-electron chi connectivity index (χ3n) is 4.26. The second-order valence-electron chi connectivity index (χ2n) is 6.18. The molecular formula is C19H21N3O3. The van der Waals surface area contributed by atoms with Crippen molar-refractivity contribution in [2.45, 2.75) is 32.9 Å². The van der Waals surface area contributed by atoms with Crippen molar-refractivity contribution in [2.75, 3.05) is 11.4 Å². The minimum absolute atomic E-state index is 0.332. The number of ether oxygens (including phenoxy) is 1.